The van der Waals surface area contributed by atoms with Gasteiger partial charge in [-0.15, -0.1) is 11.3 Å². The third kappa shape index (κ3) is 4.39. The van der Waals surface area contributed by atoms with E-state index in [0.717, 1.165) is 35.6 Å². The van der Waals surface area contributed by atoms with Crippen molar-refractivity contribution in [2.45, 2.75) is 11.8 Å². The summed E-state index contributed by atoms with van der Waals surface area (Å²) in [6.07, 6.45) is 0. The topological polar surface area (TPSA) is 89.5 Å². The van der Waals surface area contributed by atoms with Gasteiger partial charge in [0.1, 0.15) is 16.6 Å². The Labute approximate surface area is 142 Å². The van der Waals surface area contributed by atoms with Crippen LogP contribution in [0.3, 0.4) is 0 Å². The molecule has 1 aromatic carbocycles. The largest absolute Gasteiger partial charge is 0.462 e. The second-order valence-electron chi connectivity index (χ2n) is 4.65. The minimum Gasteiger partial charge on any atom is -0.462 e. The van der Waals surface area contributed by atoms with Gasteiger partial charge >= 0.3 is 5.97 Å². The van der Waals surface area contributed by atoms with Gasteiger partial charge in [-0.05, 0) is 42.6 Å². The van der Waals surface area contributed by atoms with Crippen molar-refractivity contribution < 1.29 is 27.1 Å². The van der Waals surface area contributed by atoms with Crippen LogP contribution in [0.5, 0.6) is 0 Å². The highest BCUT2D eigenvalue weighted by atomic mass is 32.2. The standard InChI is InChI=1S/C15H14FNO5S2/c1-2-22-15(19)12-7-8-23-14(12)17-13(18)9-24(20,21)11-5-3-10(16)4-6-11/h3-8H,2,9H2,1H3,(H,17,18). The van der Waals surface area contributed by atoms with Crippen LogP contribution in [0.4, 0.5) is 9.39 Å². The lowest BCUT2D eigenvalue weighted by molar-refractivity contribution is -0.113. The summed E-state index contributed by atoms with van der Waals surface area (Å²) in [6, 6.07) is 5.67. The zero-order chi connectivity index (χ0) is 17.7. The molecule has 1 N–H and O–H groups in total. The quantitative estimate of drug-likeness (QED) is 0.622. The third-order valence-electron chi connectivity index (χ3n) is 2.91. The number of anilines is 1. The summed E-state index contributed by atoms with van der Waals surface area (Å²) in [5.41, 5.74) is 0.161. The van der Waals surface area contributed by atoms with Crippen LogP contribution >= 0.6 is 11.3 Å². The average molecular weight is 371 g/mol. The highest BCUT2D eigenvalue weighted by molar-refractivity contribution is 7.92. The van der Waals surface area contributed by atoms with Crippen LogP contribution in [0.1, 0.15) is 17.3 Å². The molecule has 128 valence electrons. The molecule has 0 aliphatic carbocycles. The summed E-state index contributed by atoms with van der Waals surface area (Å²) in [4.78, 5) is 23.6. The molecule has 0 aliphatic heterocycles. The second-order valence-corrected chi connectivity index (χ2v) is 7.55. The number of esters is 1. The molecule has 0 unspecified atom stereocenters. The lowest BCUT2D eigenvalue weighted by atomic mass is 10.3. The number of thiophene rings is 1. The lowest BCUT2D eigenvalue weighted by Crippen LogP contribution is -2.23. The van der Waals surface area contributed by atoms with Crippen molar-refractivity contribution in [3.63, 3.8) is 0 Å². The van der Waals surface area contributed by atoms with E-state index < -0.39 is 33.3 Å². The van der Waals surface area contributed by atoms with E-state index in [1.54, 1.807) is 12.3 Å². The van der Waals surface area contributed by atoms with Crippen molar-refractivity contribution in [1.29, 1.82) is 0 Å². The number of carbonyl (C=O) groups excluding carboxylic acids is 2. The Balaban J connectivity index is 2.10. The maximum atomic E-state index is 12.9. The number of rotatable bonds is 6. The Bertz CT molecular complexity index is 843. The molecule has 0 aliphatic rings. The van der Waals surface area contributed by atoms with E-state index in [4.69, 9.17) is 4.74 Å². The Kier molecular flexibility index (Phi) is 5.68. The molecule has 0 saturated heterocycles. The zero-order valence-corrected chi connectivity index (χ0v) is 14.2. The van der Waals surface area contributed by atoms with E-state index in [9.17, 15) is 22.4 Å². The zero-order valence-electron chi connectivity index (χ0n) is 12.6. The number of benzene rings is 1. The van der Waals surface area contributed by atoms with Crippen molar-refractivity contribution in [3.05, 3.63) is 47.1 Å². The summed E-state index contributed by atoms with van der Waals surface area (Å²) in [7, 11) is -3.91. The highest BCUT2D eigenvalue weighted by Gasteiger charge is 2.22. The first-order valence-corrected chi connectivity index (χ1v) is 9.39. The van der Waals surface area contributed by atoms with Gasteiger partial charge in [0.05, 0.1) is 17.1 Å². The van der Waals surface area contributed by atoms with Gasteiger partial charge in [-0.25, -0.2) is 17.6 Å². The number of nitrogens with one attached hydrogen (secondary N) is 1. The number of carbonyl (C=O) groups is 2. The van der Waals surface area contributed by atoms with Crippen molar-refractivity contribution in [2.75, 3.05) is 17.7 Å². The Morgan fingerprint density at radius 3 is 2.50 bits per heavy atom. The van der Waals surface area contributed by atoms with E-state index in [1.165, 1.54) is 6.07 Å². The van der Waals surface area contributed by atoms with Crippen LogP contribution in [-0.2, 0) is 19.4 Å². The molecule has 6 nitrogen and oxygen atoms in total. The summed E-state index contributed by atoms with van der Waals surface area (Å²) in [5, 5.41) is 4.19. The number of hydrogen-bond donors (Lipinski definition) is 1. The Morgan fingerprint density at radius 2 is 1.88 bits per heavy atom. The first-order valence-electron chi connectivity index (χ1n) is 6.86. The molecule has 0 saturated carbocycles. The van der Waals surface area contributed by atoms with Gasteiger partial charge in [-0.2, -0.15) is 0 Å². The van der Waals surface area contributed by atoms with Crippen LogP contribution in [0.2, 0.25) is 0 Å². The predicted octanol–water partition coefficient (Wildman–Crippen LogP) is 2.48. The van der Waals surface area contributed by atoms with E-state index in [2.05, 4.69) is 5.32 Å². The van der Waals surface area contributed by atoms with Gasteiger partial charge in [-0.1, -0.05) is 0 Å². The number of halogens is 1. The molecule has 0 bridgehead atoms. The summed E-state index contributed by atoms with van der Waals surface area (Å²) >= 11 is 1.08. The summed E-state index contributed by atoms with van der Waals surface area (Å²) in [6.45, 7) is 1.83. The minimum absolute atomic E-state index is 0.157. The number of ether oxygens (including phenoxy) is 1. The van der Waals surface area contributed by atoms with Crippen LogP contribution < -0.4 is 5.32 Å². The Hall–Kier alpha value is -2.26. The van der Waals surface area contributed by atoms with Gasteiger partial charge in [0.2, 0.25) is 5.91 Å². The van der Waals surface area contributed by atoms with Crippen LogP contribution in [0.25, 0.3) is 0 Å². The van der Waals surface area contributed by atoms with Crippen LogP contribution in [0.15, 0.2) is 40.6 Å². The maximum Gasteiger partial charge on any atom is 0.341 e. The van der Waals surface area contributed by atoms with Gasteiger partial charge in [0.25, 0.3) is 0 Å². The molecule has 1 heterocycles. The monoisotopic (exact) mass is 371 g/mol. The number of hydrogen-bond acceptors (Lipinski definition) is 6. The van der Waals surface area contributed by atoms with Crippen molar-refractivity contribution in [2.24, 2.45) is 0 Å². The molecule has 0 fully saturated rings. The van der Waals surface area contributed by atoms with Crippen LogP contribution in [0, 0.1) is 5.82 Å². The average Bonchev–Trinajstić information content (AvgIpc) is 2.95. The molecule has 9 heteroatoms. The maximum absolute atomic E-state index is 12.9. The van der Waals surface area contributed by atoms with Gasteiger partial charge in [0, 0.05) is 0 Å². The SMILES string of the molecule is CCOC(=O)c1ccsc1NC(=O)CS(=O)(=O)c1ccc(F)cc1. The lowest BCUT2D eigenvalue weighted by Gasteiger charge is -2.07. The molecule has 0 spiro atoms. The van der Waals surface area contributed by atoms with Gasteiger partial charge in [0.15, 0.2) is 9.84 Å². The first-order chi connectivity index (χ1) is 11.3. The van der Waals surface area contributed by atoms with E-state index in [1.807, 2.05) is 0 Å². The van der Waals surface area contributed by atoms with E-state index >= 15 is 0 Å². The molecule has 0 radical (unpaired) electrons. The summed E-state index contributed by atoms with van der Waals surface area (Å²) < 4.78 is 42.0. The normalized spacial score (nSPS) is 11.1. The van der Waals surface area contributed by atoms with Gasteiger partial charge in [-0.3, -0.25) is 4.79 Å². The molecular weight excluding hydrogens is 357 g/mol. The Morgan fingerprint density at radius 1 is 1.21 bits per heavy atom. The minimum atomic E-state index is -3.91. The van der Waals surface area contributed by atoms with Crippen LogP contribution in [-0.4, -0.2) is 32.7 Å². The number of sulfone groups is 1. The van der Waals surface area contributed by atoms with E-state index in [-0.39, 0.29) is 22.1 Å². The van der Waals surface area contributed by atoms with Crippen molar-refractivity contribution >= 4 is 38.1 Å². The smallest absolute Gasteiger partial charge is 0.341 e. The fourth-order valence-electron chi connectivity index (χ4n) is 1.84. The molecule has 1 aromatic heterocycles. The van der Waals surface area contributed by atoms with Gasteiger partial charge < -0.3 is 10.1 Å². The molecule has 0 atom stereocenters. The predicted molar refractivity (Wildman–Crippen MR) is 87.4 cm³/mol. The molecular formula is C15H14FNO5S2. The first kappa shape index (κ1) is 18.1. The second kappa shape index (κ2) is 7.54. The number of amides is 1. The van der Waals surface area contributed by atoms with Crippen molar-refractivity contribution in [3.8, 4) is 0 Å². The third-order valence-corrected chi connectivity index (χ3v) is 5.37. The van der Waals surface area contributed by atoms with Crippen molar-refractivity contribution in [1.82, 2.24) is 0 Å². The van der Waals surface area contributed by atoms with E-state index in [0.29, 0.717) is 0 Å². The molecule has 1 amide bonds. The molecule has 2 aromatic rings. The fraction of sp³-hybridized carbons (Fsp3) is 0.200. The molecule has 24 heavy (non-hydrogen) atoms. The molecule has 2 rings (SSSR count). The fourth-order valence-corrected chi connectivity index (χ4v) is 3.76. The summed E-state index contributed by atoms with van der Waals surface area (Å²) in [5.74, 6) is -2.79. The highest BCUT2D eigenvalue weighted by Crippen LogP contribution is 2.24.